The van der Waals surface area contributed by atoms with Crippen LogP contribution < -0.4 is 10.0 Å². The number of benzene rings is 1. The molecule has 2 N–H and O–H groups in total. The average Bonchev–Trinajstić information content (AvgIpc) is 3.10. The first-order valence-corrected chi connectivity index (χ1v) is 10.1. The zero-order valence-electron chi connectivity index (χ0n) is 15.4. The van der Waals surface area contributed by atoms with Gasteiger partial charge in [0.05, 0.1) is 11.2 Å². The van der Waals surface area contributed by atoms with Gasteiger partial charge in [0.15, 0.2) is 0 Å². The number of sulfonamides is 1. The second kappa shape index (κ2) is 8.95. The van der Waals surface area contributed by atoms with Crippen LogP contribution in [-0.4, -0.2) is 37.0 Å². The van der Waals surface area contributed by atoms with Crippen LogP contribution in [0.2, 0.25) is 0 Å². The molecule has 0 saturated carbocycles. The second-order valence-electron chi connectivity index (χ2n) is 6.63. The first kappa shape index (κ1) is 20.1. The Morgan fingerprint density at radius 2 is 2.08 bits per heavy atom. The molecule has 7 nitrogen and oxygen atoms in total. The van der Waals surface area contributed by atoms with Crippen molar-refractivity contribution in [3.05, 3.63) is 48.0 Å². The van der Waals surface area contributed by atoms with E-state index in [0.29, 0.717) is 37.5 Å². The van der Waals surface area contributed by atoms with Crippen LogP contribution in [0.5, 0.6) is 0 Å². The van der Waals surface area contributed by atoms with Gasteiger partial charge in [0.2, 0.25) is 10.0 Å². The molecule has 2 rings (SSSR count). The lowest BCUT2D eigenvalue weighted by molar-refractivity contribution is 0.0948. The quantitative estimate of drug-likeness (QED) is 0.652. The van der Waals surface area contributed by atoms with Gasteiger partial charge in [-0.3, -0.25) is 4.79 Å². The van der Waals surface area contributed by atoms with Crippen molar-refractivity contribution in [1.82, 2.24) is 19.6 Å². The molecule has 0 aliphatic carbocycles. The Morgan fingerprint density at radius 3 is 2.73 bits per heavy atom. The molecule has 26 heavy (non-hydrogen) atoms. The number of carbonyl (C=O) groups is 1. The van der Waals surface area contributed by atoms with Gasteiger partial charge in [-0.05, 0) is 37.0 Å². The average molecular weight is 378 g/mol. The van der Waals surface area contributed by atoms with Gasteiger partial charge in [0, 0.05) is 37.6 Å². The fourth-order valence-corrected chi connectivity index (χ4v) is 3.48. The van der Waals surface area contributed by atoms with E-state index in [-0.39, 0.29) is 10.8 Å². The van der Waals surface area contributed by atoms with Gasteiger partial charge < -0.3 is 9.88 Å². The molecule has 1 aromatic heterocycles. The Balaban J connectivity index is 2.01. The van der Waals surface area contributed by atoms with Gasteiger partial charge >= 0.3 is 0 Å². The summed E-state index contributed by atoms with van der Waals surface area (Å²) in [6, 6.07) is 4.61. The molecular weight excluding hydrogens is 352 g/mol. The van der Waals surface area contributed by atoms with Crippen molar-refractivity contribution in [1.29, 1.82) is 0 Å². The van der Waals surface area contributed by atoms with E-state index < -0.39 is 10.0 Å². The highest BCUT2D eigenvalue weighted by Gasteiger charge is 2.17. The summed E-state index contributed by atoms with van der Waals surface area (Å²) >= 11 is 0. The van der Waals surface area contributed by atoms with Crippen LogP contribution in [0.1, 0.15) is 36.2 Å². The Morgan fingerprint density at radius 1 is 1.31 bits per heavy atom. The molecule has 1 heterocycles. The van der Waals surface area contributed by atoms with Gasteiger partial charge in [0.25, 0.3) is 5.91 Å². The zero-order valence-corrected chi connectivity index (χ0v) is 16.2. The monoisotopic (exact) mass is 378 g/mol. The van der Waals surface area contributed by atoms with Crippen LogP contribution in [0, 0.1) is 12.8 Å². The predicted molar refractivity (Wildman–Crippen MR) is 100 cm³/mol. The van der Waals surface area contributed by atoms with Crippen molar-refractivity contribution in [3.8, 4) is 0 Å². The first-order chi connectivity index (χ1) is 12.3. The Kier molecular flexibility index (Phi) is 6.93. The number of hydrogen-bond acceptors (Lipinski definition) is 4. The third-order valence-corrected chi connectivity index (χ3v) is 5.34. The molecule has 0 saturated heterocycles. The van der Waals surface area contributed by atoms with E-state index in [1.165, 1.54) is 12.1 Å². The molecule has 0 atom stereocenters. The molecule has 8 heteroatoms. The molecule has 1 aromatic carbocycles. The van der Waals surface area contributed by atoms with E-state index in [4.69, 9.17) is 0 Å². The molecule has 2 aromatic rings. The predicted octanol–water partition coefficient (Wildman–Crippen LogP) is 1.95. The zero-order chi connectivity index (χ0) is 19.2. The van der Waals surface area contributed by atoms with Crippen LogP contribution in [-0.2, 0) is 16.6 Å². The number of amides is 1. The van der Waals surface area contributed by atoms with Gasteiger partial charge in [-0.2, -0.15) is 0 Å². The van der Waals surface area contributed by atoms with E-state index in [1.54, 1.807) is 25.5 Å². The molecule has 0 spiro atoms. The van der Waals surface area contributed by atoms with Crippen molar-refractivity contribution >= 4 is 15.9 Å². The largest absolute Gasteiger partial charge is 0.352 e. The highest BCUT2D eigenvalue weighted by Crippen LogP contribution is 2.16. The maximum atomic E-state index is 12.5. The van der Waals surface area contributed by atoms with Crippen molar-refractivity contribution < 1.29 is 13.2 Å². The summed E-state index contributed by atoms with van der Waals surface area (Å²) in [5, 5.41) is 2.82. The molecule has 142 valence electrons. The summed E-state index contributed by atoms with van der Waals surface area (Å²) in [7, 11) is -3.66. The summed E-state index contributed by atoms with van der Waals surface area (Å²) in [4.78, 5) is 16.3. The molecule has 0 bridgehead atoms. The topological polar surface area (TPSA) is 93.1 Å². The number of nitrogens with zero attached hydrogens (tertiary/aromatic N) is 2. The minimum absolute atomic E-state index is 0.0976. The highest BCUT2D eigenvalue weighted by molar-refractivity contribution is 7.89. The fraction of sp³-hybridized carbons (Fsp3) is 0.444. The number of aromatic nitrogens is 2. The van der Waals surface area contributed by atoms with Crippen molar-refractivity contribution in [2.75, 3.05) is 13.1 Å². The van der Waals surface area contributed by atoms with Crippen LogP contribution in [0.3, 0.4) is 0 Å². The molecule has 0 fully saturated rings. The van der Waals surface area contributed by atoms with Crippen molar-refractivity contribution in [3.63, 3.8) is 0 Å². The van der Waals surface area contributed by atoms with Crippen molar-refractivity contribution in [2.24, 2.45) is 5.92 Å². The third kappa shape index (κ3) is 5.67. The maximum Gasteiger partial charge on any atom is 0.251 e. The smallest absolute Gasteiger partial charge is 0.251 e. The number of imidazole rings is 1. The van der Waals surface area contributed by atoms with Crippen LogP contribution in [0.4, 0.5) is 0 Å². The van der Waals surface area contributed by atoms with Crippen LogP contribution >= 0.6 is 0 Å². The molecule has 0 unspecified atom stereocenters. The summed E-state index contributed by atoms with van der Waals surface area (Å²) in [5.41, 5.74) is 1.12. The summed E-state index contributed by atoms with van der Waals surface area (Å²) in [6.45, 7) is 7.33. The van der Waals surface area contributed by atoms with Crippen molar-refractivity contribution in [2.45, 2.75) is 38.6 Å². The normalized spacial score (nSPS) is 11.7. The Labute approximate surface area is 154 Å². The van der Waals surface area contributed by atoms with E-state index in [2.05, 4.69) is 15.0 Å². The summed E-state index contributed by atoms with van der Waals surface area (Å²) in [6.07, 6.45) is 5.85. The third-order valence-electron chi connectivity index (χ3n) is 3.88. The number of aryl methyl sites for hydroxylation is 2. The van der Waals surface area contributed by atoms with Gasteiger partial charge in [0.1, 0.15) is 0 Å². The van der Waals surface area contributed by atoms with E-state index in [0.717, 1.165) is 5.56 Å². The first-order valence-electron chi connectivity index (χ1n) is 8.64. The minimum atomic E-state index is -3.66. The van der Waals surface area contributed by atoms with Gasteiger partial charge in [-0.1, -0.05) is 19.9 Å². The number of rotatable bonds is 9. The number of nitrogens with one attached hydrogen (secondary N) is 2. The SMILES string of the molecule is Cc1ccc(S(=O)(=O)NCCCn2ccnc2)cc1C(=O)NCC(C)C. The van der Waals surface area contributed by atoms with E-state index in [9.17, 15) is 13.2 Å². The molecule has 0 aliphatic heterocycles. The number of carbonyl (C=O) groups excluding carboxylic acids is 1. The molecular formula is C18H26N4O3S. The Hall–Kier alpha value is -2.19. The Bertz CT molecular complexity index is 830. The van der Waals surface area contributed by atoms with Gasteiger partial charge in [-0.25, -0.2) is 18.1 Å². The summed E-state index contributed by atoms with van der Waals surface area (Å²) in [5.74, 6) is 0.0664. The lowest BCUT2D eigenvalue weighted by Crippen LogP contribution is -2.29. The second-order valence-corrected chi connectivity index (χ2v) is 8.40. The van der Waals surface area contributed by atoms with Crippen LogP contribution in [0.25, 0.3) is 0 Å². The lowest BCUT2D eigenvalue weighted by atomic mass is 10.1. The highest BCUT2D eigenvalue weighted by atomic mass is 32.2. The standard InChI is InChI=1S/C18H26N4O3S/c1-14(2)12-20-18(23)17-11-16(6-5-15(17)3)26(24,25)21-7-4-9-22-10-8-19-13-22/h5-6,8,10-11,13-14,21H,4,7,9,12H2,1-3H3,(H,20,23). The van der Waals surface area contributed by atoms with E-state index in [1.807, 2.05) is 24.6 Å². The molecule has 1 amide bonds. The van der Waals surface area contributed by atoms with E-state index >= 15 is 0 Å². The fourth-order valence-electron chi connectivity index (χ4n) is 2.38. The van der Waals surface area contributed by atoms with Crippen LogP contribution in [0.15, 0.2) is 41.8 Å². The number of hydrogen-bond donors (Lipinski definition) is 2. The molecule has 0 radical (unpaired) electrons. The van der Waals surface area contributed by atoms with Gasteiger partial charge in [-0.15, -0.1) is 0 Å². The lowest BCUT2D eigenvalue weighted by Gasteiger charge is -2.12. The summed E-state index contributed by atoms with van der Waals surface area (Å²) < 4.78 is 29.4. The minimum Gasteiger partial charge on any atom is -0.352 e. The molecule has 0 aliphatic rings. The maximum absolute atomic E-state index is 12.5.